The molecule has 30 heavy (non-hydrogen) atoms. The van der Waals surface area contributed by atoms with Crippen molar-refractivity contribution < 1.29 is 4.57 Å². The van der Waals surface area contributed by atoms with Gasteiger partial charge in [-0.3, -0.25) is 0 Å². The number of para-hydroxylation sites is 3. The van der Waals surface area contributed by atoms with Crippen LogP contribution in [0.2, 0.25) is 0 Å². The first kappa shape index (κ1) is 17.1. The monoisotopic (exact) mass is 391 g/mol. The molecule has 0 saturated carbocycles. The summed E-state index contributed by atoms with van der Waals surface area (Å²) in [4.78, 5) is 0. The van der Waals surface area contributed by atoms with Crippen LogP contribution in [0.25, 0.3) is 44.3 Å². The van der Waals surface area contributed by atoms with Crippen LogP contribution >= 0.6 is 0 Å². The first-order chi connectivity index (χ1) is 14.7. The van der Waals surface area contributed by atoms with Crippen molar-refractivity contribution in [3.05, 3.63) is 90.9 Å². The van der Waals surface area contributed by atoms with Crippen LogP contribution < -0.4 is 4.57 Å². The number of fused-ring (bicyclic) bond motifs is 5. The van der Waals surface area contributed by atoms with Crippen LogP contribution in [0.5, 0.6) is 0 Å². The number of aromatic nitrogens is 4. The standard InChI is InChI=1S/C26H23N4/c1-18-27(2)24(17-29(18)19-11-5-4-6-12-19)30-23-16-10-8-14-21(23)25-20-13-7-9-15-22(20)28(3)26(25)30/h4-17H,1-3H3/q+1. The summed E-state index contributed by atoms with van der Waals surface area (Å²) in [5.41, 5.74) is 4.87. The van der Waals surface area contributed by atoms with E-state index in [1.54, 1.807) is 0 Å². The van der Waals surface area contributed by atoms with E-state index >= 15 is 0 Å². The maximum absolute atomic E-state index is 2.40. The zero-order valence-electron chi connectivity index (χ0n) is 17.4. The van der Waals surface area contributed by atoms with E-state index in [9.17, 15) is 0 Å². The Morgan fingerprint density at radius 3 is 2.07 bits per heavy atom. The second-order valence-electron chi connectivity index (χ2n) is 7.93. The highest BCUT2D eigenvalue weighted by Crippen LogP contribution is 2.38. The molecule has 4 heteroatoms. The molecule has 0 radical (unpaired) electrons. The van der Waals surface area contributed by atoms with Crippen LogP contribution in [0.1, 0.15) is 5.82 Å². The maximum Gasteiger partial charge on any atom is 0.267 e. The highest BCUT2D eigenvalue weighted by atomic mass is 15.3. The molecular formula is C26H23N4+. The third kappa shape index (κ3) is 2.13. The minimum Gasteiger partial charge on any atom is -0.317 e. The van der Waals surface area contributed by atoms with E-state index in [0.717, 1.165) is 5.82 Å². The minimum atomic E-state index is 1.15. The van der Waals surface area contributed by atoms with Gasteiger partial charge in [0.2, 0.25) is 5.82 Å². The van der Waals surface area contributed by atoms with Crippen LogP contribution in [0, 0.1) is 6.92 Å². The summed E-state index contributed by atoms with van der Waals surface area (Å²) in [6, 6.07) is 27.9. The van der Waals surface area contributed by atoms with Crippen molar-refractivity contribution in [2.75, 3.05) is 0 Å². The molecule has 3 aromatic carbocycles. The van der Waals surface area contributed by atoms with Gasteiger partial charge in [-0.15, -0.1) is 0 Å². The van der Waals surface area contributed by atoms with Gasteiger partial charge in [0.25, 0.3) is 5.82 Å². The number of hydrogen-bond acceptors (Lipinski definition) is 0. The van der Waals surface area contributed by atoms with Gasteiger partial charge in [-0.2, -0.15) is 0 Å². The van der Waals surface area contributed by atoms with Gasteiger partial charge >= 0.3 is 0 Å². The highest BCUT2D eigenvalue weighted by Gasteiger charge is 2.27. The van der Waals surface area contributed by atoms with Gasteiger partial charge in [0.15, 0.2) is 5.65 Å². The Labute approximate surface area is 174 Å². The molecule has 0 amide bonds. The molecule has 3 heterocycles. The molecular weight excluding hydrogens is 368 g/mol. The molecule has 0 saturated heterocycles. The van der Waals surface area contributed by atoms with E-state index in [1.807, 2.05) is 0 Å². The Bertz CT molecular complexity index is 1560. The third-order valence-corrected chi connectivity index (χ3v) is 6.39. The van der Waals surface area contributed by atoms with E-state index < -0.39 is 0 Å². The lowest BCUT2D eigenvalue weighted by Gasteiger charge is -2.04. The Morgan fingerprint density at radius 1 is 0.733 bits per heavy atom. The molecule has 0 aliphatic heterocycles. The van der Waals surface area contributed by atoms with Gasteiger partial charge in [0, 0.05) is 24.7 Å². The van der Waals surface area contributed by atoms with Gasteiger partial charge in [0.1, 0.15) is 17.4 Å². The smallest absolute Gasteiger partial charge is 0.267 e. The van der Waals surface area contributed by atoms with Crippen molar-refractivity contribution in [1.29, 1.82) is 0 Å². The third-order valence-electron chi connectivity index (χ3n) is 6.39. The zero-order chi connectivity index (χ0) is 20.4. The molecule has 0 bridgehead atoms. The summed E-state index contributed by atoms with van der Waals surface area (Å²) in [6.45, 7) is 2.17. The maximum atomic E-state index is 2.40. The van der Waals surface area contributed by atoms with E-state index in [2.05, 4.69) is 124 Å². The predicted molar refractivity (Wildman–Crippen MR) is 122 cm³/mol. The molecule has 0 spiro atoms. The molecule has 6 rings (SSSR count). The molecule has 0 aliphatic rings. The molecule has 0 N–H and O–H groups in total. The molecule has 0 atom stereocenters. The summed E-state index contributed by atoms with van der Waals surface area (Å²) in [7, 11) is 4.31. The Morgan fingerprint density at radius 2 is 1.33 bits per heavy atom. The van der Waals surface area contributed by atoms with Gasteiger partial charge in [-0.25, -0.2) is 13.7 Å². The van der Waals surface area contributed by atoms with Crippen LogP contribution in [0.15, 0.2) is 85.1 Å². The van der Waals surface area contributed by atoms with E-state index in [4.69, 9.17) is 0 Å². The predicted octanol–water partition coefficient (Wildman–Crippen LogP) is 5.20. The summed E-state index contributed by atoms with van der Waals surface area (Å²) in [5, 5.41) is 3.90. The average molecular weight is 391 g/mol. The first-order valence-corrected chi connectivity index (χ1v) is 10.3. The van der Waals surface area contributed by atoms with Crippen molar-refractivity contribution in [3.8, 4) is 11.5 Å². The number of hydrogen-bond donors (Lipinski definition) is 0. The lowest BCUT2D eigenvalue weighted by molar-refractivity contribution is -0.671. The van der Waals surface area contributed by atoms with Crippen LogP contribution in [0.4, 0.5) is 0 Å². The number of rotatable bonds is 2. The second kappa shape index (κ2) is 6.10. The molecule has 4 nitrogen and oxygen atoms in total. The van der Waals surface area contributed by atoms with Crippen molar-refractivity contribution in [1.82, 2.24) is 13.7 Å². The first-order valence-electron chi connectivity index (χ1n) is 10.3. The van der Waals surface area contributed by atoms with Gasteiger partial charge in [-0.1, -0.05) is 54.6 Å². The molecule has 146 valence electrons. The number of aryl methyl sites for hydroxylation is 1. The molecule has 0 aliphatic carbocycles. The quantitative estimate of drug-likeness (QED) is 0.361. The zero-order valence-corrected chi connectivity index (χ0v) is 17.4. The van der Waals surface area contributed by atoms with Crippen molar-refractivity contribution in [2.45, 2.75) is 6.92 Å². The molecule has 0 unspecified atom stereocenters. The van der Waals surface area contributed by atoms with Crippen LogP contribution in [0.3, 0.4) is 0 Å². The van der Waals surface area contributed by atoms with Crippen molar-refractivity contribution >= 4 is 32.8 Å². The highest BCUT2D eigenvalue weighted by molar-refractivity contribution is 6.21. The summed E-state index contributed by atoms with van der Waals surface area (Å²) >= 11 is 0. The molecule has 3 aromatic heterocycles. The van der Waals surface area contributed by atoms with Gasteiger partial charge in [0.05, 0.1) is 18.0 Å². The summed E-state index contributed by atoms with van der Waals surface area (Å²) < 4.78 is 9.26. The van der Waals surface area contributed by atoms with Crippen LogP contribution in [-0.4, -0.2) is 13.7 Å². The van der Waals surface area contributed by atoms with Crippen molar-refractivity contribution in [3.63, 3.8) is 0 Å². The topological polar surface area (TPSA) is 18.7 Å². The number of nitrogens with zero attached hydrogens (tertiary/aromatic N) is 4. The lowest BCUT2D eigenvalue weighted by atomic mass is 10.1. The Balaban J connectivity index is 1.78. The summed E-state index contributed by atoms with van der Waals surface area (Å²) in [6.07, 6.45) is 2.24. The van der Waals surface area contributed by atoms with E-state index in [-0.39, 0.29) is 0 Å². The largest absolute Gasteiger partial charge is 0.317 e. The Kier molecular flexibility index (Phi) is 3.48. The average Bonchev–Trinajstić information content (AvgIpc) is 3.38. The fourth-order valence-electron chi connectivity index (χ4n) is 4.81. The summed E-state index contributed by atoms with van der Waals surface area (Å²) in [5.74, 6) is 2.33. The Hall–Kier alpha value is -3.79. The molecule has 6 aromatic rings. The lowest BCUT2D eigenvalue weighted by Crippen LogP contribution is -2.35. The molecule has 0 fully saturated rings. The van der Waals surface area contributed by atoms with Gasteiger partial charge < -0.3 is 4.57 Å². The number of imidazole rings is 1. The number of benzene rings is 3. The SMILES string of the molecule is Cc1n(-c2ccccc2)cc(-n2c3ccccc3c3c4ccccc4n(C)c32)[n+]1C. The van der Waals surface area contributed by atoms with Crippen molar-refractivity contribution in [2.24, 2.45) is 14.1 Å². The minimum absolute atomic E-state index is 1.15. The van der Waals surface area contributed by atoms with Crippen LogP contribution in [-0.2, 0) is 14.1 Å². The second-order valence-corrected chi connectivity index (χ2v) is 7.93. The normalized spacial score (nSPS) is 11.8. The van der Waals surface area contributed by atoms with E-state index in [0.29, 0.717) is 0 Å². The fraction of sp³-hybridized carbons (Fsp3) is 0.115. The van der Waals surface area contributed by atoms with E-state index in [1.165, 1.54) is 44.4 Å². The van der Waals surface area contributed by atoms with Gasteiger partial charge in [-0.05, 0) is 24.3 Å². The fourth-order valence-corrected chi connectivity index (χ4v) is 4.81.